The van der Waals surface area contributed by atoms with Crippen molar-refractivity contribution in [2.45, 2.75) is 6.92 Å². The Morgan fingerprint density at radius 2 is 1.74 bits per heavy atom. The predicted octanol–water partition coefficient (Wildman–Crippen LogP) is 3.98. The molecular formula is C23H23N5O3. The van der Waals surface area contributed by atoms with Crippen LogP contribution in [0.15, 0.2) is 54.6 Å². The van der Waals surface area contributed by atoms with Gasteiger partial charge in [0.05, 0.1) is 0 Å². The Labute approximate surface area is 180 Å². The maximum absolute atomic E-state index is 12.2. The third-order valence-corrected chi connectivity index (χ3v) is 4.53. The summed E-state index contributed by atoms with van der Waals surface area (Å²) < 4.78 is 10.6. The quantitative estimate of drug-likeness (QED) is 0.587. The van der Waals surface area contributed by atoms with Gasteiger partial charge in [0.2, 0.25) is 18.6 Å². The molecule has 1 aliphatic heterocycles. The lowest BCUT2D eigenvalue weighted by Gasteiger charge is -2.14. The lowest BCUT2D eigenvalue weighted by atomic mass is 10.2. The summed E-state index contributed by atoms with van der Waals surface area (Å²) in [7, 11) is 3.87. The van der Waals surface area contributed by atoms with Gasteiger partial charge >= 0.3 is 0 Å². The number of ether oxygens (including phenoxy) is 2. The number of carbonyl (C=O) groups is 1. The predicted molar refractivity (Wildman–Crippen MR) is 121 cm³/mol. The Morgan fingerprint density at radius 3 is 2.52 bits per heavy atom. The second kappa shape index (κ2) is 8.74. The van der Waals surface area contributed by atoms with Gasteiger partial charge in [-0.1, -0.05) is 6.07 Å². The number of anilines is 4. The molecule has 8 nitrogen and oxygen atoms in total. The number of nitrogens with one attached hydrogen (secondary N) is 2. The van der Waals surface area contributed by atoms with Gasteiger partial charge in [0.15, 0.2) is 11.5 Å². The van der Waals surface area contributed by atoms with Gasteiger partial charge in [-0.2, -0.15) is 4.98 Å². The Hall–Kier alpha value is -4.07. The third kappa shape index (κ3) is 5.11. The van der Waals surface area contributed by atoms with Gasteiger partial charge in [0.25, 0.3) is 0 Å². The topological polar surface area (TPSA) is 88.6 Å². The zero-order valence-corrected chi connectivity index (χ0v) is 17.5. The van der Waals surface area contributed by atoms with Crippen LogP contribution >= 0.6 is 0 Å². The van der Waals surface area contributed by atoms with Crippen molar-refractivity contribution in [3.05, 3.63) is 65.9 Å². The van der Waals surface area contributed by atoms with Crippen LogP contribution < -0.4 is 25.0 Å². The molecule has 1 aliphatic rings. The first-order valence-corrected chi connectivity index (χ1v) is 9.75. The van der Waals surface area contributed by atoms with Crippen molar-refractivity contribution < 1.29 is 14.3 Å². The van der Waals surface area contributed by atoms with Gasteiger partial charge in [-0.25, -0.2) is 4.98 Å². The molecule has 158 valence electrons. The second-order valence-corrected chi connectivity index (χ2v) is 7.22. The van der Waals surface area contributed by atoms with Gasteiger partial charge in [0.1, 0.15) is 5.82 Å². The smallest absolute Gasteiger partial charge is 0.248 e. The maximum atomic E-state index is 12.2. The van der Waals surface area contributed by atoms with E-state index in [2.05, 4.69) is 20.6 Å². The summed E-state index contributed by atoms with van der Waals surface area (Å²) in [6, 6.07) is 14.8. The molecule has 0 fully saturated rings. The largest absolute Gasteiger partial charge is 0.454 e. The normalized spacial score (nSPS) is 12.1. The maximum Gasteiger partial charge on any atom is 0.248 e. The number of hydrogen-bond donors (Lipinski definition) is 2. The van der Waals surface area contributed by atoms with Crippen LogP contribution in [0, 0.1) is 6.92 Å². The van der Waals surface area contributed by atoms with E-state index in [-0.39, 0.29) is 12.7 Å². The molecule has 0 saturated heterocycles. The highest BCUT2D eigenvalue weighted by Crippen LogP contribution is 2.32. The molecule has 0 radical (unpaired) electrons. The van der Waals surface area contributed by atoms with Crippen LogP contribution in [0.2, 0.25) is 0 Å². The SMILES string of the molecule is Cc1cc(N(C)C)nc(Nc2ccc(NC(=O)/C=C/c3ccc4c(c3)OCO4)cc2)n1. The summed E-state index contributed by atoms with van der Waals surface area (Å²) in [4.78, 5) is 23.1. The molecule has 4 rings (SSSR count). The van der Waals surface area contributed by atoms with E-state index in [0.717, 1.165) is 22.8 Å². The van der Waals surface area contributed by atoms with Crippen molar-refractivity contribution >= 4 is 35.1 Å². The first-order chi connectivity index (χ1) is 15.0. The van der Waals surface area contributed by atoms with Crippen LogP contribution in [0.5, 0.6) is 11.5 Å². The second-order valence-electron chi connectivity index (χ2n) is 7.22. The summed E-state index contributed by atoms with van der Waals surface area (Å²) in [5.74, 6) is 2.52. The Balaban J connectivity index is 1.36. The van der Waals surface area contributed by atoms with Crippen LogP contribution in [0.1, 0.15) is 11.3 Å². The average molecular weight is 417 g/mol. The molecule has 0 bridgehead atoms. The van der Waals surface area contributed by atoms with Gasteiger partial charge < -0.3 is 25.0 Å². The van der Waals surface area contributed by atoms with Crippen molar-refractivity contribution in [3.8, 4) is 11.5 Å². The van der Waals surface area contributed by atoms with Gasteiger partial charge in [-0.15, -0.1) is 0 Å². The van der Waals surface area contributed by atoms with Crippen LogP contribution in [0.3, 0.4) is 0 Å². The van der Waals surface area contributed by atoms with Crippen LogP contribution in [-0.2, 0) is 4.79 Å². The summed E-state index contributed by atoms with van der Waals surface area (Å²) >= 11 is 0. The van der Waals surface area contributed by atoms with Crippen molar-refractivity contribution in [3.63, 3.8) is 0 Å². The molecule has 1 amide bonds. The molecule has 1 aromatic heterocycles. The fourth-order valence-corrected chi connectivity index (χ4v) is 2.98. The Kier molecular flexibility index (Phi) is 5.70. The van der Waals surface area contributed by atoms with Gasteiger partial charge in [0, 0.05) is 43.3 Å². The minimum atomic E-state index is -0.226. The average Bonchev–Trinajstić information content (AvgIpc) is 3.21. The molecule has 0 unspecified atom stereocenters. The number of nitrogens with zero attached hydrogens (tertiary/aromatic N) is 3. The number of amides is 1. The van der Waals surface area contributed by atoms with Gasteiger partial charge in [-0.05, 0) is 55.0 Å². The number of hydrogen-bond acceptors (Lipinski definition) is 7. The lowest BCUT2D eigenvalue weighted by Crippen LogP contribution is -2.12. The van der Waals surface area contributed by atoms with Crippen molar-refractivity contribution in [2.75, 3.05) is 36.4 Å². The van der Waals surface area contributed by atoms with E-state index in [9.17, 15) is 4.79 Å². The van der Waals surface area contributed by atoms with E-state index in [1.165, 1.54) is 6.08 Å². The molecule has 0 saturated carbocycles. The Morgan fingerprint density at radius 1 is 1.00 bits per heavy atom. The zero-order valence-electron chi connectivity index (χ0n) is 17.5. The molecule has 0 atom stereocenters. The minimum Gasteiger partial charge on any atom is -0.454 e. The molecule has 2 N–H and O–H groups in total. The first kappa shape index (κ1) is 20.2. The van der Waals surface area contributed by atoms with Crippen molar-refractivity contribution in [1.29, 1.82) is 0 Å². The molecular weight excluding hydrogens is 394 g/mol. The lowest BCUT2D eigenvalue weighted by molar-refractivity contribution is -0.111. The molecule has 2 heterocycles. The molecule has 31 heavy (non-hydrogen) atoms. The fourth-order valence-electron chi connectivity index (χ4n) is 2.98. The third-order valence-electron chi connectivity index (χ3n) is 4.53. The minimum absolute atomic E-state index is 0.223. The monoisotopic (exact) mass is 417 g/mol. The van der Waals surface area contributed by atoms with Crippen LogP contribution in [0.4, 0.5) is 23.1 Å². The van der Waals surface area contributed by atoms with Gasteiger partial charge in [-0.3, -0.25) is 4.79 Å². The summed E-state index contributed by atoms with van der Waals surface area (Å²) in [5.41, 5.74) is 3.24. The molecule has 2 aromatic carbocycles. The Bertz CT molecular complexity index is 1130. The standard InChI is InChI=1S/C23H23N5O3/c1-15-12-21(28(2)3)27-23(24-15)26-18-8-6-17(7-9-18)25-22(29)11-5-16-4-10-19-20(13-16)31-14-30-19/h4-13H,14H2,1-3H3,(H,25,29)(H,24,26,27)/b11-5+. The van der Waals surface area contributed by atoms with E-state index in [1.54, 1.807) is 6.08 Å². The molecule has 0 aliphatic carbocycles. The summed E-state index contributed by atoms with van der Waals surface area (Å²) in [6.07, 6.45) is 3.21. The fraction of sp³-hybridized carbons (Fsp3) is 0.174. The highest BCUT2D eigenvalue weighted by molar-refractivity contribution is 6.02. The van der Waals surface area contributed by atoms with Crippen LogP contribution in [0.25, 0.3) is 6.08 Å². The molecule has 8 heteroatoms. The summed E-state index contributed by atoms with van der Waals surface area (Å²) in [6.45, 7) is 2.15. The number of carbonyl (C=O) groups excluding carboxylic acids is 1. The number of aryl methyl sites for hydroxylation is 1. The highest BCUT2D eigenvalue weighted by Gasteiger charge is 2.12. The van der Waals surface area contributed by atoms with E-state index < -0.39 is 0 Å². The number of benzene rings is 2. The summed E-state index contributed by atoms with van der Waals surface area (Å²) in [5, 5.41) is 6.03. The van der Waals surface area contributed by atoms with E-state index in [1.807, 2.05) is 74.4 Å². The number of aromatic nitrogens is 2. The number of fused-ring (bicyclic) bond motifs is 1. The van der Waals surface area contributed by atoms with Crippen molar-refractivity contribution in [1.82, 2.24) is 9.97 Å². The first-order valence-electron chi connectivity index (χ1n) is 9.75. The zero-order chi connectivity index (χ0) is 21.8. The van der Waals surface area contributed by atoms with Crippen LogP contribution in [-0.4, -0.2) is 36.8 Å². The highest BCUT2D eigenvalue weighted by atomic mass is 16.7. The molecule has 3 aromatic rings. The van der Waals surface area contributed by atoms with E-state index in [0.29, 0.717) is 23.1 Å². The molecule has 0 spiro atoms. The number of rotatable bonds is 6. The van der Waals surface area contributed by atoms with E-state index in [4.69, 9.17) is 9.47 Å². The van der Waals surface area contributed by atoms with Crippen molar-refractivity contribution in [2.24, 2.45) is 0 Å². The van der Waals surface area contributed by atoms with E-state index >= 15 is 0 Å².